The third-order valence-electron chi connectivity index (χ3n) is 1.46. The van der Waals surface area contributed by atoms with Gasteiger partial charge in [0.2, 0.25) is 0 Å². The van der Waals surface area contributed by atoms with Crippen LogP contribution < -0.4 is 29.6 Å². The van der Waals surface area contributed by atoms with E-state index in [-0.39, 0.29) is 29.6 Å². The second kappa shape index (κ2) is 3.34. The summed E-state index contributed by atoms with van der Waals surface area (Å²) in [6.07, 6.45) is 2.05. The van der Waals surface area contributed by atoms with Gasteiger partial charge in [-0.1, -0.05) is 6.42 Å². The number of hydrogen-bond donors (Lipinski definition) is 0. The molecule has 3 nitrogen and oxygen atoms in total. The van der Waals surface area contributed by atoms with Crippen molar-refractivity contribution in [2.45, 2.75) is 24.5 Å². The minimum atomic E-state index is -3.92. The molecule has 0 bridgehead atoms. The van der Waals surface area contributed by atoms with Crippen molar-refractivity contribution in [2.24, 2.45) is 0 Å². The van der Waals surface area contributed by atoms with Crippen molar-refractivity contribution in [2.75, 3.05) is 0 Å². The second-order valence-electron chi connectivity index (χ2n) is 2.05. The van der Waals surface area contributed by atoms with Crippen LogP contribution in [0.15, 0.2) is 0 Å². The van der Waals surface area contributed by atoms with Gasteiger partial charge in [0.25, 0.3) is 0 Å². The van der Waals surface area contributed by atoms with Crippen LogP contribution in [0.2, 0.25) is 0 Å². The quantitative estimate of drug-likeness (QED) is 0.303. The molecule has 1 aliphatic rings. The molecule has 0 saturated heterocycles. The first-order chi connectivity index (χ1) is 3.61. The topological polar surface area (TPSA) is 57.2 Å². The number of rotatable bonds is 1. The molecule has 1 aliphatic carbocycles. The maximum atomic E-state index is 10.1. The van der Waals surface area contributed by atoms with Crippen LogP contribution in [-0.4, -0.2) is 18.2 Å². The summed E-state index contributed by atoms with van der Waals surface area (Å²) in [6.45, 7) is 0. The van der Waals surface area contributed by atoms with Crippen molar-refractivity contribution in [3.63, 3.8) is 0 Å². The molecule has 48 valence electrons. The molecular weight excluding hydrogens is 151 g/mol. The van der Waals surface area contributed by atoms with E-state index in [1.165, 1.54) is 0 Å². The van der Waals surface area contributed by atoms with Crippen molar-refractivity contribution in [3.05, 3.63) is 0 Å². The van der Waals surface area contributed by atoms with Crippen LogP contribution in [0.3, 0.4) is 0 Å². The Labute approximate surface area is 76.9 Å². The van der Waals surface area contributed by atoms with Crippen LogP contribution in [0, 0.1) is 0 Å². The molecule has 1 fully saturated rings. The van der Waals surface area contributed by atoms with E-state index in [1.54, 1.807) is 0 Å². The molecule has 0 radical (unpaired) electrons. The first-order valence-electron chi connectivity index (χ1n) is 2.55. The molecule has 0 amide bonds. The summed E-state index contributed by atoms with van der Waals surface area (Å²) >= 11 is 0. The van der Waals surface area contributed by atoms with Gasteiger partial charge in [-0.25, -0.2) is 8.42 Å². The Hall–Kier alpha value is 0.910. The Bertz CT molecular complexity index is 170. The van der Waals surface area contributed by atoms with E-state index in [9.17, 15) is 13.0 Å². The molecule has 0 unspecified atom stereocenters. The first-order valence-corrected chi connectivity index (χ1v) is 4.02. The number of hydrogen-bond acceptors (Lipinski definition) is 3. The molecule has 0 aromatic carbocycles. The Morgan fingerprint density at radius 3 is 1.78 bits per heavy atom. The Morgan fingerprint density at radius 2 is 1.78 bits per heavy atom. The van der Waals surface area contributed by atoms with Crippen LogP contribution in [0.4, 0.5) is 0 Å². The van der Waals surface area contributed by atoms with Crippen LogP contribution >= 0.6 is 0 Å². The first kappa shape index (κ1) is 9.91. The van der Waals surface area contributed by atoms with Crippen LogP contribution in [0.25, 0.3) is 0 Å². The zero-order valence-electron chi connectivity index (χ0n) is 5.33. The molecule has 0 aliphatic heterocycles. The molecule has 0 spiro atoms. The van der Waals surface area contributed by atoms with Gasteiger partial charge in [-0.2, -0.15) is 0 Å². The largest absolute Gasteiger partial charge is 1.00 e. The molecule has 9 heavy (non-hydrogen) atoms. The van der Waals surface area contributed by atoms with E-state index >= 15 is 0 Å². The molecule has 1 rings (SSSR count). The van der Waals surface area contributed by atoms with Gasteiger partial charge in [0.15, 0.2) is 0 Å². The van der Waals surface area contributed by atoms with Gasteiger partial charge in [0.05, 0.1) is 10.1 Å². The van der Waals surface area contributed by atoms with E-state index in [4.69, 9.17) is 0 Å². The van der Waals surface area contributed by atoms with Gasteiger partial charge in [0.1, 0.15) is 0 Å². The van der Waals surface area contributed by atoms with Crippen molar-refractivity contribution >= 4 is 10.1 Å². The van der Waals surface area contributed by atoms with Crippen LogP contribution in [-0.2, 0) is 10.1 Å². The van der Waals surface area contributed by atoms with E-state index in [0.29, 0.717) is 12.8 Å². The standard InChI is InChI=1S/C4H8O3S.Na/c5-8(6,7)4-2-1-3-4;/h4H,1-3H2,(H,5,6,7);/q;+1/p-1. The SMILES string of the molecule is O=S(=O)([O-])C1CCC1.[Na+]. The van der Waals surface area contributed by atoms with Gasteiger partial charge >= 0.3 is 29.6 Å². The van der Waals surface area contributed by atoms with Gasteiger partial charge in [-0.3, -0.25) is 0 Å². The minimum Gasteiger partial charge on any atom is -0.748 e. The Morgan fingerprint density at radius 1 is 1.33 bits per heavy atom. The fourth-order valence-corrected chi connectivity index (χ4v) is 1.57. The summed E-state index contributed by atoms with van der Waals surface area (Å²) in [5, 5.41) is -0.553. The van der Waals surface area contributed by atoms with Crippen LogP contribution in [0.1, 0.15) is 19.3 Å². The van der Waals surface area contributed by atoms with E-state index in [2.05, 4.69) is 0 Å². The van der Waals surface area contributed by atoms with Crippen molar-refractivity contribution < 1.29 is 42.5 Å². The summed E-state index contributed by atoms with van der Waals surface area (Å²) in [6, 6.07) is 0. The molecule has 0 atom stereocenters. The average molecular weight is 158 g/mol. The maximum Gasteiger partial charge on any atom is 1.00 e. The van der Waals surface area contributed by atoms with Gasteiger partial charge < -0.3 is 4.55 Å². The molecule has 0 heterocycles. The fourth-order valence-electron chi connectivity index (χ4n) is 0.659. The monoisotopic (exact) mass is 158 g/mol. The fraction of sp³-hybridized carbons (Fsp3) is 1.00. The Kier molecular flexibility index (Phi) is 3.68. The summed E-state index contributed by atoms with van der Waals surface area (Å²) in [5.74, 6) is 0. The minimum absolute atomic E-state index is 0. The van der Waals surface area contributed by atoms with Gasteiger partial charge in [-0.05, 0) is 12.8 Å². The smallest absolute Gasteiger partial charge is 0.748 e. The molecule has 1 saturated carbocycles. The maximum absolute atomic E-state index is 10.1. The van der Waals surface area contributed by atoms with E-state index < -0.39 is 15.4 Å². The molecule has 5 heteroatoms. The Balaban J connectivity index is 0.000000640. The summed E-state index contributed by atoms with van der Waals surface area (Å²) in [7, 11) is -3.92. The second-order valence-corrected chi connectivity index (χ2v) is 3.70. The summed E-state index contributed by atoms with van der Waals surface area (Å²) in [4.78, 5) is 0. The van der Waals surface area contributed by atoms with Crippen molar-refractivity contribution in [1.29, 1.82) is 0 Å². The normalized spacial score (nSPS) is 20.1. The zero-order valence-corrected chi connectivity index (χ0v) is 8.15. The third-order valence-corrected chi connectivity index (χ3v) is 2.75. The van der Waals surface area contributed by atoms with Crippen molar-refractivity contribution in [3.8, 4) is 0 Å². The van der Waals surface area contributed by atoms with E-state index in [0.717, 1.165) is 6.42 Å². The van der Waals surface area contributed by atoms with Gasteiger partial charge in [0, 0.05) is 5.25 Å². The average Bonchev–Trinajstić information content (AvgIpc) is 1.16. The summed E-state index contributed by atoms with van der Waals surface area (Å²) in [5.41, 5.74) is 0. The molecular formula is C4H7NaO3S. The summed E-state index contributed by atoms with van der Waals surface area (Å²) < 4.78 is 30.2. The van der Waals surface area contributed by atoms with Crippen LogP contribution in [0.5, 0.6) is 0 Å². The molecule has 0 aromatic rings. The predicted octanol–water partition coefficient (Wildman–Crippen LogP) is -2.91. The predicted molar refractivity (Wildman–Crippen MR) is 27.3 cm³/mol. The third kappa shape index (κ3) is 2.55. The zero-order chi connectivity index (χ0) is 6.20. The van der Waals surface area contributed by atoms with Crippen molar-refractivity contribution in [1.82, 2.24) is 0 Å². The molecule has 0 N–H and O–H groups in total. The van der Waals surface area contributed by atoms with Gasteiger partial charge in [-0.15, -0.1) is 0 Å². The molecule has 0 aromatic heterocycles. The van der Waals surface area contributed by atoms with E-state index in [1.807, 2.05) is 0 Å².